The molecule has 0 bridgehead atoms. The van der Waals surface area contributed by atoms with Crippen LogP contribution < -0.4 is 0 Å². The first-order valence-corrected chi connectivity index (χ1v) is 4.82. The topological polar surface area (TPSA) is 30.7 Å². The van der Waals surface area contributed by atoms with Crippen LogP contribution in [-0.2, 0) is 0 Å². The molecule has 0 aliphatic rings. The molecule has 0 amide bonds. The maximum atomic E-state index is 12.5. The molecule has 2 heterocycles. The zero-order valence-electron chi connectivity index (χ0n) is 8.16. The first kappa shape index (κ1) is 11.2. The highest BCUT2D eigenvalue weighted by Crippen LogP contribution is 2.32. The summed E-state index contributed by atoms with van der Waals surface area (Å²) in [5, 5.41) is 0.142. The van der Waals surface area contributed by atoms with Crippen molar-refractivity contribution in [3.05, 3.63) is 23.7 Å². The van der Waals surface area contributed by atoms with Gasteiger partial charge in [0.1, 0.15) is 16.7 Å². The van der Waals surface area contributed by atoms with E-state index in [0.29, 0.717) is 11.0 Å². The monoisotopic (exact) mass is 249 g/mol. The molecule has 0 aromatic carbocycles. The Hall–Kier alpha value is -1.30. The van der Waals surface area contributed by atoms with Crippen LogP contribution >= 0.6 is 11.6 Å². The van der Waals surface area contributed by atoms with Gasteiger partial charge in [-0.25, -0.2) is 9.97 Å². The van der Waals surface area contributed by atoms with Gasteiger partial charge in [0.2, 0.25) is 0 Å². The summed E-state index contributed by atoms with van der Waals surface area (Å²) < 4.78 is 38.7. The lowest BCUT2D eigenvalue weighted by Crippen LogP contribution is -2.23. The molecule has 7 heteroatoms. The molecule has 0 aliphatic heterocycles. The Balaban J connectivity index is 2.57. The summed E-state index contributed by atoms with van der Waals surface area (Å²) in [4.78, 5) is 7.59. The van der Waals surface area contributed by atoms with Gasteiger partial charge in [0.15, 0.2) is 0 Å². The molecule has 16 heavy (non-hydrogen) atoms. The van der Waals surface area contributed by atoms with Gasteiger partial charge in [-0.15, -0.1) is 0 Å². The predicted molar refractivity (Wildman–Crippen MR) is 53.3 cm³/mol. The van der Waals surface area contributed by atoms with Gasteiger partial charge in [-0.3, -0.25) is 0 Å². The van der Waals surface area contributed by atoms with Gasteiger partial charge < -0.3 is 4.57 Å². The van der Waals surface area contributed by atoms with E-state index in [1.54, 1.807) is 0 Å². The first-order valence-electron chi connectivity index (χ1n) is 4.44. The smallest absolute Gasteiger partial charge is 0.318 e. The normalized spacial score (nSPS) is 14.3. The van der Waals surface area contributed by atoms with Crippen LogP contribution in [0.15, 0.2) is 18.6 Å². The molecule has 0 aliphatic carbocycles. The highest BCUT2D eigenvalue weighted by atomic mass is 35.5. The Morgan fingerprint density at radius 3 is 2.69 bits per heavy atom. The quantitative estimate of drug-likeness (QED) is 0.727. The van der Waals surface area contributed by atoms with E-state index < -0.39 is 12.2 Å². The number of alkyl halides is 3. The van der Waals surface area contributed by atoms with E-state index in [2.05, 4.69) is 9.97 Å². The summed E-state index contributed by atoms with van der Waals surface area (Å²) in [6, 6.07) is -0.275. The third-order valence-electron chi connectivity index (χ3n) is 2.32. The minimum atomic E-state index is -4.32. The lowest BCUT2D eigenvalue weighted by Gasteiger charge is -2.17. The molecule has 0 fully saturated rings. The van der Waals surface area contributed by atoms with Gasteiger partial charge in [-0.1, -0.05) is 11.6 Å². The van der Waals surface area contributed by atoms with Crippen LogP contribution in [0.2, 0.25) is 5.15 Å². The van der Waals surface area contributed by atoms with E-state index in [-0.39, 0.29) is 5.15 Å². The van der Waals surface area contributed by atoms with Crippen molar-refractivity contribution in [1.82, 2.24) is 14.5 Å². The summed E-state index contributed by atoms with van der Waals surface area (Å²) in [7, 11) is 0. The summed E-state index contributed by atoms with van der Waals surface area (Å²) in [5.74, 6) is 0. The highest BCUT2D eigenvalue weighted by Gasteiger charge is 2.37. The Morgan fingerprint density at radius 2 is 2.06 bits per heavy atom. The van der Waals surface area contributed by atoms with Crippen LogP contribution in [0.4, 0.5) is 13.2 Å². The third-order valence-corrected chi connectivity index (χ3v) is 2.53. The van der Waals surface area contributed by atoms with Crippen LogP contribution in [0.25, 0.3) is 11.0 Å². The molecule has 2 rings (SSSR count). The van der Waals surface area contributed by atoms with E-state index in [4.69, 9.17) is 11.6 Å². The van der Waals surface area contributed by atoms with Gasteiger partial charge in [0.05, 0.1) is 18.0 Å². The van der Waals surface area contributed by atoms with E-state index in [9.17, 15) is 13.2 Å². The number of fused-ring (bicyclic) bond motifs is 1. The van der Waals surface area contributed by atoms with E-state index in [0.717, 1.165) is 17.8 Å². The van der Waals surface area contributed by atoms with Gasteiger partial charge >= 0.3 is 6.18 Å². The fourth-order valence-corrected chi connectivity index (χ4v) is 1.52. The van der Waals surface area contributed by atoms with Crippen molar-refractivity contribution in [2.75, 3.05) is 0 Å². The number of pyridine rings is 1. The molecular formula is C9H7ClF3N3. The van der Waals surface area contributed by atoms with Crippen molar-refractivity contribution in [2.45, 2.75) is 19.1 Å². The molecule has 1 atom stereocenters. The summed E-state index contributed by atoms with van der Waals surface area (Å²) in [5.41, 5.74) is 0.713. The molecule has 0 saturated carbocycles. The number of rotatable bonds is 1. The minimum absolute atomic E-state index is 0.142. The van der Waals surface area contributed by atoms with Crippen molar-refractivity contribution >= 4 is 22.6 Å². The van der Waals surface area contributed by atoms with E-state index in [1.807, 2.05) is 0 Å². The van der Waals surface area contributed by atoms with E-state index in [1.165, 1.54) is 12.3 Å². The van der Waals surface area contributed by atoms with Gasteiger partial charge in [0, 0.05) is 6.07 Å². The van der Waals surface area contributed by atoms with Crippen LogP contribution in [0.1, 0.15) is 13.0 Å². The molecule has 2 aromatic rings. The third kappa shape index (κ3) is 1.84. The molecule has 86 valence electrons. The number of hydrogen-bond donors (Lipinski definition) is 0. The second kappa shape index (κ2) is 3.62. The van der Waals surface area contributed by atoms with Crippen LogP contribution in [0.3, 0.4) is 0 Å². The molecule has 0 unspecified atom stereocenters. The number of aromatic nitrogens is 3. The van der Waals surface area contributed by atoms with Gasteiger partial charge in [-0.05, 0) is 6.92 Å². The van der Waals surface area contributed by atoms with Crippen LogP contribution in [0, 0.1) is 0 Å². The SMILES string of the molecule is C[C@@H](n1cnc2cnc(Cl)cc21)C(F)(F)F. The number of imidazole rings is 1. The Morgan fingerprint density at radius 1 is 1.38 bits per heavy atom. The Labute approximate surface area is 93.9 Å². The molecule has 0 saturated heterocycles. The average Bonchev–Trinajstić information content (AvgIpc) is 2.57. The van der Waals surface area contributed by atoms with Crippen molar-refractivity contribution < 1.29 is 13.2 Å². The lowest BCUT2D eigenvalue weighted by atomic mass is 10.3. The van der Waals surface area contributed by atoms with Crippen molar-refractivity contribution in [3.63, 3.8) is 0 Å². The largest absolute Gasteiger partial charge is 0.408 e. The lowest BCUT2D eigenvalue weighted by molar-refractivity contribution is -0.162. The number of hydrogen-bond acceptors (Lipinski definition) is 2. The summed E-state index contributed by atoms with van der Waals surface area (Å²) >= 11 is 5.63. The second-order valence-electron chi connectivity index (χ2n) is 3.37. The van der Waals surface area contributed by atoms with Crippen LogP contribution in [-0.4, -0.2) is 20.7 Å². The maximum Gasteiger partial charge on any atom is 0.408 e. The molecular weight excluding hydrogens is 243 g/mol. The maximum absolute atomic E-state index is 12.5. The average molecular weight is 250 g/mol. The van der Waals surface area contributed by atoms with Crippen molar-refractivity contribution in [3.8, 4) is 0 Å². The second-order valence-corrected chi connectivity index (χ2v) is 3.75. The number of halogens is 4. The Kier molecular flexibility index (Phi) is 2.53. The first-order chi connectivity index (χ1) is 7.39. The summed E-state index contributed by atoms with van der Waals surface area (Å²) in [6.07, 6.45) is -1.83. The van der Waals surface area contributed by atoms with Gasteiger partial charge in [0.25, 0.3) is 0 Å². The molecule has 0 N–H and O–H groups in total. The fourth-order valence-electron chi connectivity index (χ4n) is 1.37. The minimum Gasteiger partial charge on any atom is -0.318 e. The van der Waals surface area contributed by atoms with Crippen molar-refractivity contribution in [1.29, 1.82) is 0 Å². The van der Waals surface area contributed by atoms with E-state index >= 15 is 0 Å². The Bertz CT molecular complexity index is 520. The zero-order chi connectivity index (χ0) is 11.9. The molecule has 0 radical (unpaired) electrons. The standard InChI is InChI=1S/C9H7ClF3N3/c1-5(9(11,12)13)16-4-15-6-3-14-8(10)2-7(6)16/h2-5H,1H3/t5-/m1/s1. The molecule has 0 spiro atoms. The zero-order valence-corrected chi connectivity index (χ0v) is 8.92. The predicted octanol–water partition coefficient (Wildman–Crippen LogP) is 3.21. The van der Waals surface area contributed by atoms with Gasteiger partial charge in [-0.2, -0.15) is 13.2 Å². The molecule has 2 aromatic heterocycles. The van der Waals surface area contributed by atoms with Crippen molar-refractivity contribution in [2.24, 2.45) is 0 Å². The summed E-state index contributed by atoms with van der Waals surface area (Å²) in [6.45, 7) is 1.06. The fraction of sp³-hybridized carbons (Fsp3) is 0.333. The number of nitrogens with zero attached hydrogens (tertiary/aromatic N) is 3. The molecule has 3 nitrogen and oxygen atoms in total. The highest BCUT2D eigenvalue weighted by molar-refractivity contribution is 6.29. The van der Waals surface area contributed by atoms with Crippen LogP contribution in [0.5, 0.6) is 0 Å².